The van der Waals surface area contributed by atoms with E-state index in [1.807, 2.05) is 0 Å². The SMILES string of the molecule is CCC(=O)C(O)c1cc(Cl)ccc1F. The minimum absolute atomic E-state index is 0.0654. The van der Waals surface area contributed by atoms with Gasteiger partial charge >= 0.3 is 0 Å². The summed E-state index contributed by atoms with van der Waals surface area (Å²) in [5, 5.41) is 9.74. The number of rotatable bonds is 3. The number of ketones is 1. The van der Waals surface area contributed by atoms with Crippen LogP contribution in [0.15, 0.2) is 18.2 Å². The predicted octanol–water partition coefficient (Wildman–Crippen LogP) is 2.49. The maximum absolute atomic E-state index is 13.1. The van der Waals surface area contributed by atoms with E-state index in [0.717, 1.165) is 6.07 Å². The lowest BCUT2D eigenvalue weighted by atomic mass is 10.0. The molecule has 0 heterocycles. The van der Waals surface area contributed by atoms with Crippen molar-refractivity contribution in [3.63, 3.8) is 0 Å². The number of Topliss-reactive ketones (excluding diaryl/α,β-unsaturated/α-hetero) is 1. The van der Waals surface area contributed by atoms with Crippen molar-refractivity contribution in [1.82, 2.24) is 0 Å². The predicted molar refractivity (Wildman–Crippen MR) is 51.7 cm³/mol. The molecule has 1 atom stereocenters. The summed E-state index contributed by atoms with van der Waals surface area (Å²) >= 11 is 5.62. The fourth-order valence-corrected chi connectivity index (χ4v) is 1.27. The van der Waals surface area contributed by atoms with Gasteiger partial charge < -0.3 is 5.11 Å². The summed E-state index contributed by atoms with van der Waals surface area (Å²) in [6.07, 6.45) is -1.26. The van der Waals surface area contributed by atoms with Crippen LogP contribution in [0.25, 0.3) is 0 Å². The second-order valence-corrected chi connectivity index (χ2v) is 3.32. The number of benzene rings is 1. The Morgan fingerprint density at radius 3 is 2.86 bits per heavy atom. The van der Waals surface area contributed by atoms with Crippen LogP contribution in [-0.4, -0.2) is 10.9 Å². The van der Waals surface area contributed by atoms with Crippen LogP contribution in [-0.2, 0) is 4.79 Å². The summed E-state index contributed by atoms with van der Waals surface area (Å²) in [5.41, 5.74) is -0.0654. The fourth-order valence-electron chi connectivity index (χ4n) is 1.09. The van der Waals surface area contributed by atoms with Crippen LogP contribution < -0.4 is 0 Å². The summed E-state index contributed by atoms with van der Waals surface area (Å²) in [6.45, 7) is 1.61. The zero-order valence-corrected chi connectivity index (χ0v) is 8.38. The average molecular weight is 217 g/mol. The van der Waals surface area contributed by atoms with Gasteiger partial charge in [0, 0.05) is 17.0 Å². The Bertz CT molecular complexity index is 352. The van der Waals surface area contributed by atoms with Gasteiger partial charge in [0.05, 0.1) is 0 Å². The molecule has 14 heavy (non-hydrogen) atoms. The largest absolute Gasteiger partial charge is 0.380 e. The average Bonchev–Trinajstić information content (AvgIpc) is 2.19. The van der Waals surface area contributed by atoms with Crippen molar-refractivity contribution in [3.05, 3.63) is 34.6 Å². The molecule has 1 aromatic rings. The van der Waals surface area contributed by atoms with Gasteiger partial charge in [0.2, 0.25) is 0 Å². The van der Waals surface area contributed by atoms with Crippen LogP contribution in [0.3, 0.4) is 0 Å². The monoisotopic (exact) mass is 216 g/mol. The summed E-state index contributed by atoms with van der Waals surface area (Å²) in [5.74, 6) is -1.05. The van der Waals surface area contributed by atoms with E-state index in [1.165, 1.54) is 12.1 Å². The summed E-state index contributed by atoms with van der Waals surface area (Å²) in [7, 11) is 0. The molecule has 0 saturated carbocycles. The molecule has 0 radical (unpaired) electrons. The van der Waals surface area contributed by atoms with Crippen LogP contribution >= 0.6 is 11.6 Å². The lowest BCUT2D eigenvalue weighted by Gasteiger charge is -2.09. The fraction of sp³-hybridized carbons (Fsp3) is 0.300. The van der Waals surface area contributed by atoms with Crippen molar-refractivity contribution in [2.45, 2.75) is 19.4 Å². The summed E-state index contributed by atoms with van der Waals surface area (Å²) in [4.78, 5) is 11.1. The topological polar surface area (TPSA) is 37.3 Å². The zero-order chi connectivity index (χ0) is 10.7. The third kappa shape index (κ3) is 2.30. The quantitative estimate of drug-likeness (QED) is 0.843. The maximum atomic E-state index is 13.1. The molecule has 0 aliphatic rings. The van der Waals surface area contributed by atoms with Gasteiger partial charge in [0.1, 0.15) is 11.9 Å². The van der Waals surface area contributed by atoms with Crippen molar-refractivity contribution in [1.29, 1.82) is 0 Å². The van der Waals surface area contributed by atoms with Crippen molar-refractivity contribution in [3.8, 4) is 0 Å². The minimum atomic E-state index is -1.42. The first kappa shape index (κ1) is 11.1. The molecule has 4 heteroatoms. The third-order valence-electron chi connectivity index (χ3n) is 1.91. The normalized spacial score (nSPS) is 12.6. The van der Waals surface area contributed by atoms with E-state index in [9.17, 15) is 14.3 Å². The standard InChI is InChI=1S/C10H10ClFO2/c1-2-9(13)10(14)7-5-6(11)3-4-8(7)12/h3-5,10,14H,2H2,1H3. The number of carbonyl (C=O) groups excluding carboxylic acids is 1. The third-order valence-corrected chi connectivity index (χ3v) is 2.14. The first-order chi connectivity index (χ1) is 6.56. The molecule has 0 bridgehead atoms. The number of hydrogen-bond donors (Lipinski definition) is 1. The molecule has 0 aromatic heterocycles. The molecule has 76 valence electrons. The molecule has 0 aliphatic carbocycles. The van der Waals surface area contributed by atoms with Crippen molar-refractivity contribution in [2.24, 2.45) is 0 Å². The van der Waals surface area contributed by atoms with E-state index in [1.54, 1.807) is 6.92 Å². The van der Waals surface area contributed by atoms with Crippen LogP contribution in [0.2, 0.25) is 5.02 Å². The van der Waals surface area contributed by atoms with E-state index in [-0.39, 0.29) is 12.0 Å². The second-order valence-electron chi connectivity index (χ2n) is 2.89. The van der Waals surface area contributed by atoms with E-state index in [2.05, 4.69) is 0 Å². The smallest absolute Gasteiger partial charge is 0.165 e. The van der Waals surface area contributed by atoms with Gasteiger partial charge in [-0.05, 0) is 18.2 Å². The Balaban J connectivity index is 3.05. The molecule has 0 spiro atoms. The maximum Gasteiger partial charge on any atom is 0.165 e. The molecular weight excluding hydrogens is 207 g/mol. The first-order valence-electron chi connectivity index (χ1n) is 4.22. The van der Waals surface area contributed by atoms with Gasteiger partial charge in [-0.15, -0.1) is 0 Å². The van der Waals surface area contributed by atoms with Gasteiger partial charge in [0.15, 0.2) is 5.78 Å². The van der Waals surface area contributed by atoms with Gasteiger partial charge in [-0.25, -0.2) is 4.39 Å². The first-order valence-corrected chi connectivity index (χ1v) is 4.59. The molecule has 0 aliphatic heterocycles. The minimum Gasteiger partial charge on any atom is -0.380 e. The summed E-state index contributed by atoms with van der Waals surface area (Å²) in [6, 6.07) is 3.75. The van der Waals surface area contributed by atoms with Crippen molar-refractivity contribution in [2.75, 3.05) is 0 Å². The molecule has 1 N–H and O–H groups in total. The molecule has 2 nitrogen and oxygen atoms in total. The van der Waals surface area contributed by atoms with E-state index in [0.29, 0.717) is 5.02 Å². The Kier molecular flexibility index (Phi) is 3.61. The van der Waals surface area contributed by atoms with E-state index < -0.39 is 17.7 Å². The number of hydrogen-bond acceptors (Lipinski definition) is 2. The Labute approximate surface area is 86.3 Å². The summed E-state index contributed by atoms with van der Waals surface area (Å²) < 4.78 is 13.1. The van der Waals surface area contributed by atoms with Gasteiger partial charge in [-0.2, -0.15) is 0 Å². The molecular formula is C10H10ClFO2. The highest BCUT2D eigenvalue weighted by molar-refractivity contribution is 6.30. The molecule has 1 unspecified atom stereocenters. The number of aliphatic hydroxyl groups is 1. The molecule has 1 aromatic carbocycles. The Morgan fingerprint density at radius 1 is 1.64 bits per heavy atom. The highest BCUT2D eigenvalue weighted by Crippen LogP contribution is 2.22. The van der Waals surface area contributed by atoms with Crippen molar-refractivity contribution >= 4 is 17.4 Å². The van der Waals surface area contributed by atoms with Gasteiger partial charge in [-0.1, -0.05) is 18.5 Å². The lowest BCUT2D eigenvalue weighted by molar-refractivity contribution is -0.127. The van der Waals surface area contributed by atoms with Crippen LogP contribution in [0.1, 0.15) is 25.0 Å². The molecule has 0 saturated heterocycles. The van der Waals surface area contributed by atoms with E-state index >= 15 is 0 Å². The van der Waals surface area contributed by atoms with Crippen LogP contribution in [0, 0.1) is 5.82 Å². The van der Waals surface area contributed by atoms with Crippen molar-refractivity contribution < 1.29 is 14.3 Å². The Hall–Kier alpha value is -0.930. The highest BCUT2D eigenvalue weighted by Gasteiger charge is 2.19. The van der Waals surface area contributed by atoms with Crippen LogP contribution in [0.4, 0.5) is 4.39 Å². The van der Waals surface area contributed by atoms with E-state index in [4.69, 9.17) is 11.6 Å². The van der Waals surface area contributed by atoms with Crippen LogP contribution in [0.5, 0.6) is 0 Å². The zero-order valence-electron chi connectivity index (χ0n) is 7.63. The molecule has 0 fully saturated rings. The molecule has 1 rings (SSSR count). The number of halogens is 2. The second kappa shape index (κ2) is 4.53. The molecule has 0 amide bonds. The highest BCUT2D eigenvalue weighted by atomic mass is 35.5. The van der Waals surface area contributed by atoms with Gasteiger partial charge in [0.25, 0.3) is 0 Å². The lowest BCUT2D eigenvalue weighted by Crippen LogP contribution is -2.12. The number of aliphatic hydroxyl groups excluding tert-OH is 1. The van der Waals surface area contributed by atoms with Gasteiger partial charge in [-0.3, -0.25) is 4.79 Å². The number of carbonyl (C=O) groups is 1. The Morgan fingerprint density at radius 2 is 2.29 bits per heavy atom.